The van der Waals surface area contributed by atoms with Gasteiger partial charge in [0.2, 0.25) is 0 Å². The summed E-state index contributed by atoms with van der Waals surface area (Å²) in [5.41, 5.74) is 0.897. The topological polar surface area (TPSA) is 42.2 Å². The fourth-order valence-electron chi connectivity index (χ4n) is 1.24. The molecule has 13 heavy (non-hydrogen) atoms. The van der Waals surface area contributed by atoms with E-state index in [1.54, 1.807) is 12.3 Å². The average molecular weight is 179 g/mol. The molecule has 3 nitrogen and oxygen atoms in total. The first-order valence-electron chi connectivity index (χ1n) is 4.59. The highest BCUT2D eigenvalue weighted by molar-refractivity contribution is 5.92. The Bertz CT molecular complexity index is 312. The highest BCUT2D eigenvalue weighted by Gasteiger charge is 2.22. The van der Waals surface area contributed by atoms with E-state index in [9.17, 15) is 4.79 Å². The van der Waals surface area contributed by atoms with E-state index in [1.807, 2.05) is 6.92 Å². The minimum Gasteiger partial charge on any atom is -0.459 e. The maximum atomic E-state index is 11.5. The molecule has 0 atom stereocenters. The lowest BCUT2D eigenvalue weighted by atomic mass is 10.2. The van der Waals surface area contributed by atoms with Gasteiger partial charge in [-0.25, -0.2) is 0 Å². The quantitative estimate of drug-likeness (QED) is 0.767. The second-order valence-electron chi connectivity index (χ2n) is 3.59. The van der Waals surface area contributed by atoms with Gasteiger partial charge in [0, 0.05) is 12.1 Å². The molecule has 0 radical (unpaired) electrons. The second-order valence-corrected chi connectivity index (χ2v) is 3.59. The van der Waals surface area contributed by atoms with Crippen molar-refractivity contribution in [2.45, 2.75) is 19.8 Å². The molecule has 1 saturated carbocycles. The van der Waals surface area contributed by atoms with Crippen LogP contribution in [-0.2, 0) is 0 Å². The maximum Gasteiger partial charge on any atom is 0.287 e. The number of amides is 1. The molecule has 0 saturated heterocycles. The van der Waals surface area contributed by atoms with Crippen LogP contribution < -0.4 is 5.32 Å². The van der Waals surface area contributed by atoms with Crippen LogP contribution in [0.15, 0.2) is 16.7 Å². The van der Waals surface area contributed by atoms with E-state index in [2.05, 4.69) is 5.32 Å². The van der Waals surface area contributed by atoms with Gasteiger partial charge in [0.1, 0.15) is 0 Å². The monoisotopic (exact) mass is 179 g/mol. The summed E-state index contributed by atoms with van der Waals surface area (Å²) in [7, 11) is 0. The van der Waals surface area contributed by atoms with Gasteiger partial charge in [-0.2, -0.15) is 0 Å². The molecule has 1 aliphatic carbocycles. The lowest BCUT2D eigenvalue weighted by molar-refractivity contribution is 0.0923. The first kappa shape index (κ1) is 8.35. The molecule has 2 rings (SSSR count). The fraction of sp³-hybridized carbons (Fsp3) is 0.500. The third-order valence-corrected chi connectivity index (χ3v) is 2.32. The number of nitrogens with one attached hydrogen (secondary N) is 1. The van der Waals surface area contributed by atoms with Crippen LogP contribution in [0.25, 0.3) is 0 Å². The zero-order valence-corrected chi connectivity index (χ0v) is 7.67. The SMILES string of the molecule is Cc1ccoc1C(=O)NCC1CC1. The van der Waals surface area contributed by atoms with E-state index in [4.69, 9.17) is 4.42 Å². The van der Waals surface area contributed by atoms with Crippen molar-refractivity contribution < 1.29 is 9.21 Å². The number of hydrogen-bond donors (Lipinski definition) is 1. The Balaban J connectivity index is 1.92. The first-order chi connectivity index (χ1) is 6.27. The van der Waals surface area contributed by atoms with Crippen LogP contribution in [0, 0.1) is 12.8 Å². The summed E-state index contributed by atoms with van der Waals surface area (Å²) in [6.07, 6.45) is 4.04. The lowest BCUT2D eigenvalue weighted by Gasteiger charge is -2.01. The molecule has 1 N–H and O–H groups in total. The van der Waals surface area contributed by atoms with Gasteiger partial charge in [-0.15, -0.1) is 0 Å². The number of rotatable bonds is 3. The molecule has 1 aromatic rings. The van der Waals surface area contributed by atoms with Crippen molar-refractivity contribution in [3.8, 4) is 0 Å². The smallest absolute Gasteiger partial charge is 0.287 e. The molecular weight excluding hydrogens is 166 g/mol. The minimum atomic E-state index is -0.0885. The van der Waals surface area contributed by atoms with Crippen molar-refractivity contribution in [2.24, 2.45) is 5.92 Å². The van der Waals surface area contributed by atoms with Crippen molar-refractivity contribution in [2.75, 3.05) is 6.54 Å². The molecule has 0 aliphatic heterocycles. The Morgan fingerprint density at radius 3 is 3.00 bits per heavy atom. The number of carbonyl (C=O) groups is 1. The third-order valence-electron chi connectivity index (χ3n) is 2.32. The largest absolute Gasteiger partial charge is 0.459 e. The summed E-state index contributed by atoms with van der Waals surface area (Å²) in [6.45, 7) is 2.66. The van der Waals surface area contributed by atoms with E-state index in [1.165, 1.54) is 12.8 Å². The molecule has 1 aliphatic rings. The predicted octanol–water partition coefficient (Wildman–Crippen LogP) is 1.73. The average Bonchev–Trinajstić information content (AvgIpc) is 2.84. The Labute approximate surface area is 77.1 Å². The van der Waals surface area contributed by atoms with Gasteiger partial charge < -0.3 is 9.73 Å². The van der Waals surface area contributed by atoms with Crippen LogP contribution in [0.1, 0.15) is 29.0 Å². The molecular formula is C10H13NO2. The molecule has 1 amide bonds. The van der Waals surface area contributed by atoms with Gasteiger partial charge in [0.15, 0.2) is 5.76 Å². The van der Waals surface area contributed by atoms with E-state index >= 15 is 0 Å². The number of hydrogen-bond acceptors (Lipinski definition) is 2. The maximum absolute atomic E-state index is 11.5. The van der Waals surface area contributed by atoms with Crippen LogP contribution in [0.5, 0.6) is 0 Å². The molecule has 1 fully saturated rings. The molecule has 1 aromatic heterocycles. The standard InChI is InChI=1S/C10H13NO2/c1-7-4-5-13-9(7)10(12)11-6-8-2-3-8/h4-5,8H,2-3,6H2,1H3,(H,11,12). The van der Waals surface area contributed by atoms with E-state index in [0.29, 0.717) is 11.7 Å². The zero-order chi connectivity index (χ0) is 9.26. The predicted molar refractivity (Wildman–Crippen MR) is 48.5 cm³/mol. The Hall–Kier alpha value is -1.25. The van der Waals surface area contributed by atoms with Crippen LogP contribution in [-0.4, -0.2) is 12.5 Å². The fourth-order valence-corrected chi connectivity index (χ4v) is 1.24. The second kappa shape index (κ2) is 3.24. The van der Waals surface area contributed by atoms with Crippen molar-refractivity contribution in [1.29, 1.82) is 0 Å². The highest BCUT2D eigenvalue weighted by atomic mass is 16.3. The van der Waals surface area contributed by atoms with Crippen LogP contribution in [0.3, 0.4) is 0 Å². The van der Waals surface area contributed by atoms with Crippen molar-refractivity contribution >= 4 is 5.91 Å². The molecule has 70 valence electrons. The van der Waals surface area contributed by atoms with Crippen LogP contribution in [0.2, 0.25) is 0 Å². The normalized spacial score (nSPS) is 15.8. The summed E-state index contributed by atoms with van der Waals surface area (Å²) in [6, 6.07) is 1.80. The van der Waals surface area contributed by atoms with Gasteiger partial charge in [-0.3, -0.25) is 4.79 Å². The van der Waals surface area contributed by atoms with Crippen LogP contribution in [0.4, 0.5) is 0 Å². The van der Waals surface area contributed by atoms with Crippen molar-refractivity contribution in [3.63, 3.8) is 0 Å². The Morgan fingerprint density at radius 1 is 1.69 bits per heavy atom. The van der Waals surface area contributed by atoms with Crippen LogP contribution >= 0.6 is 0 Å². The molecule has 0 bridgehead atoms. The minimum absolute atomic E-state index is 0.0885. The van der Waals surface area contributed by atoms with Gasteiger partial charge in [-0.1, -0.05) is 0 Å². The number of aryl methyl sites for hydroxylation is 1. The summed E-state index contributed by atoms with van der Waals surface area (Å²) < 4.78 is 5.07. The first-order valence-corrected chi connectivity index (χ1v) is 4.59. The van der Waals surface area contributed by atoms with Gasteiger partial charge in [0.05, 0.1) is 6.26 Å². The molecule has 1 heterocycles. The number of carbonyl (C=O) groups excluding carboxylic acids is 1. The molecule has 0 unspecified atom stereocenters. The van der Waals surface area contributed by atoms with E-state index in [-0.39, 0.29) is 5.91 Å². The summed E-state index contributed by atoms with van der Waals surface area (Å²) in [5, 5.41) is 2.86. The lowest BCUT2D eigenvalue weighted by Crippen LogP contribution is -2.25. The van der Waals surface area contributed by atoms with Gasteiger partial charge in [0.25, 0.3) is 5.91 Å². The molecule has 0 spiro atoms. The van der Waals surface area contributed by atoms with Crippen molar-refractivity contribution in [1.82, 2.24) is 5.32 Å². The third kappa shape index (κ3) is 1.91. The van der Waals surface area contributed by atoms with Gasteiger partial charge in [-0.05, 0) is 31.7 Å². The van der Waals surface area contributed by atoms with E-state index in [0.717, 1.165) is 12.1 Å². The Kier molecular flexibility index (Phi) is 2.08. The summed E-state index contributed by atoms with van der Waals surface area (Å²) >= 11 is 0. The summed E-state index contributed by atoms with van der Waals surface area (Å²) in [5.74, 6) is 1.06. The highest BCUT2D eigenvalue weighted by Crippen LogP contribution is 2.27. The zero-order valence-electron chi connectivity index (χ0n) is 7.67. The van der Waals surface area contributed by atoms with Crippen molar-refractivity contribution in [3.05, 3.63) is 23.7 Å². The molecule has 0 aromatic carbocycles. The molecule has 3 heteroatoms. The Morgan fingerprint density at radius 2 is 2.46 bits per heavy atom. The number of furan rings is 1. The van der Waals surface area contributed by atoms with Gasteiger partial charge >= 0.3 is 0 Å². The van der Waals surface area contributed by atoms with E-state index < -0.39 is 0 Å². The summed E-state index contributed by atoms with van der Waals surface area (Å²) in [4.78, 5) is 11.5.